The molecular formula is C11H13N3OS. The minimum Gasteiger partial charge on any atom is -0.469 e. The van der Waals surface area contributed by atoms with E-state index in [-0.39, 0.29) is 0 Å². The normalized spacial score (nSPS) is 19.6. The molecule has 0 aliphatic heterocycles. The van der Waals surface area contributed by atoms with Crippen LogP contribution in [0.15, 0.2) is 22.1 Å². The largest absolute Gasteiger partial charge is 0.469 e. The molecule has 1 aliphatic carbocycles. The monoisotopic (exact) mass is 235 g/mol. The van der Waals surface area contributed by atoms with E-state index in [0.717, 1.165) is 24.4 Å². The molecule has 3 rings (SSSR count). The number of furan rings is 1. The smallest absolute Gasteiger partial charge is 0.108 e. The third-order valence-electron chi connectivity index (χ3n) is 2.99. The summed E-state index contributed by atoms with van der Waals surface area (Å²) in [5, 5.41) is 9.52. The van der Waals surface area contributed by atoms with Gasteiger partial charge in [-0.2, -0.15) is 0 Å². The second-order valence-electron chi connectivity index (χ2n) is 4.02. The first-order valence-corrected chi connectivity index (χ1v) is 6.33. The molecule has 5 heteroatoms. The van der Waals surface area contributed by atoms with Crippen molar-refractivity contribution in [2.75, 3.05) is 0 Å². The molecule has 2 aromatic heterocycles. The van der Waals surface area contributed by atoms with Gasteiger partial charge in [-0.1, -0.05) is 4.49 Å². The highest BCUT2D eigenvalue weighted by Gasteiger charge is 2.21. The first-order chi connectivity index (χ1) is 7.93. The number of nitrogens with zero attached hydrogens (tertiary/aromatic N) is 2. The molecule has 84 valence electrons. The fourth-order valence-electron chi connectivity index (χ4n) is 2.19. The van der Waals surface area contributed by atoms with Crippen molar-refractivity contribution in [3.05, 3.63) is 34.7 Å². The quantitative estimate of drug-likeness (QED) is 0.887. The van der Waals surface area contributed by atoms with Crippen LogP contribution in [0.5, 0.6) is 0 Å². The molecular weight excluding hydrogens is 222 g/mol. The maximum absolute atomic E-state index is 5.46. The highest BCUT2D eigenvalue weighted by Crippen LogP contribution is 2.30. The zero-order valence-corrected chi connectivity index (χ0v) is 9.67. The second kappa shape index (κ2) is 4.35. The van der Waals surface area contributed by atoms with Gasteiger partial charge in [0.15, 0.2) is 0 Å². The summed E-state index contributed by atoms with van der Waals surface area (Å²) in [6, 6.07) is 2.48. The van der Waals surface area contributed by atoms with Crippen LogP contribution in [-0.4, -0.2) is 9.59 Å². The summed E-state index contributed by atoms with van der Waals surface area (Å²) in [5.74, 6) is 1.14. The average molecular weight is 235 g/mol. The number of aromatic nitrogens is 2. The van der Waals surface area contributed by atoms with Crippen molar-refractivity contribution in [3.8, 4) is 0 Å². The number of aryl methyl sites for hydroxylation is 1. The topological polar surface area (TPSA) is 51.0 Å². The Hall–Kier alpha value is -1.20. The molecule has 0 saturated heterocycles. The molecule has 1 unspecified atom stereocenters. The van der Waals surface area contributed by atoms with Crippen LogP contribution in [-0.2, 0) is 13.0 Å². The third-order valence-corrected chi connectivity index (χ3v) is 3.54. The molecule has 2 heterocycles. The van der Waals surface area contributed by atoms with Gasteiger partial charge in [-0.3, -0.25) is 0 Å². The van der Waals surface area contributed by atoms with Crippen molar-refractivity contribution in [2.45, 2.75) is 31.8 Å². The first kappa shape index (κ1) is 9.99. The lowest BCUT2D eigenvalue weighted by molar-refractivity contribution is 0.409. The summed E-state index contributed by atoms with van der Waals surface area (Å²) in [5.41, 5.74) is 2.33. The van der Waals surface area contributed by atoms with Crippen LogP contribution in [0.2, 0.25) is 0 Å². The van der Waals surface area contributed by atoms with Gasteiger partial charge in [0.25, 0.3) is 0 Å². The summed E-state index contributed by atoms with van der Waals surface area (Å²) in [6.45, 7) is 0.784. The molecule has 1 aliphatic rings. The van der Waals surface area contributed by atoms with Crippen molar-refractivity contribution in [1.29, 1.82) is 0 Å². The summed E-state index contributed by atoms with van der Waals surface area (Å²) < 4.78 is 9.31. The van der Waals surface area contributed by atoms with E-state index in [9.17, 15) is 0 Å². The van der Waals surface area contributed by atoms with Crippen LogP contribution in [0.4, 0.5) is 0 Å². The minimum absolute atomic E-state index is 0.407. The van der Waals surface area contributed by atoms with E-state index >= 15 is 0 Å². The Balaban J connectivity index is 1.69. The Morgan fingerprint density at radius 1 is 1.56 bits per heavy atom. The van der Waals surface area contributed by atoms with Gasteiger partial charge in [-0.15, -0.1) is 5.10 Å². The Labute approximate surface area is 97.8 Å². The molecule has 4 nitrogen and oxygen atoms in total. The molecule has 2 aromatic rings. The van der Waals surface area contributed by atoms with Gasteiger partial charge < -0.3 is 9.73 Å². The average Bonchev–Trinajstić information content (AvgIpc) is 2.97. The summed E-state index contributed by atoms with van der Waals surface area (Å²) in [4.78, 5) is 0. The second-order valence-corrected chi connectivity index (χ2v) is 4.63. The van der Waals surface area contributed by atoms with Crippen molar-refractivity contribution >= 4 is 11.5 Å². The van der Waals surface area contributed by atoms with Crippen molar-refractivity contribution in [2.24, 2.45) is 0 Å². The predicted octanol–water partition coefficient (Wildman–Crippen LogP) is 2.30. The van der Waals surface area contributed by atoms with Crippen LogP contribution in [0, 0.1) is 0 Å². The van der Waals surface area contributed by atoms with Crippen LogP contribution in [0.1, 0.15) is 35.9 Å². The van der Waals surface area contributed by atoms with E-state index < -0.39 is 0 Å². The molecule has 0 saturated carbocycles. The Morgan fingerprint density at radius 2 is 2.56 bits per heavy atom. The standard InChI is InChI=1S/C11H13N3OS/c1-2-10(9-4-5-15-11(9)3-1)12-6-8-7-16-14-13-8/h4-5,7,10,12H,1-3,6H2. The summed E-state index contributed by atoms with van der Waals surface area (Å²) in [7, 11) is 0. The van der Waals surface area contributed by atoms with Crippen molar-refractivity contribution in [1.82, 2.24) is 14.9 Å². The lowest BCUT2D eigenvalue weighted by Gasteiger charge is -2.22. The molecule has 16 heavy (non-hydrogen) atoms. The number of hydrogen-bond donors (Lipinski definition) is 1. The number of rotatable bonds is 3. The van der Waals surface area contributed by atoms with E-state index in [2.05, 4.69) is 21.0 Å². The zero-order chi connectivity index (χ0) is 10.8. The molecule has 0 spiro atoms. The van der Waals surface area contributed by atoms with Gasteiger partial charge in [0.1, 0.15) is 5.76 Å². The molecule has 1 atom stereocenters. The predicted molar refractivity (Wildman–Crippen MR) is 61.1 cm³/mol. The zero-order valence-electron chi connectivity index (χ0n) is 8.85. The third kappa shape index (κ3) is 1.88. The van der Waals surface area contributed by atoms with Crippen LogP contribution >= 0.6 is 11.5 Å². The first-order valence-electron chi connectivity index (χ1n) is 5.49. The van der Waals surface area contributed by atoms with Gasteiger partial charge in [-0.25, -0.2) is 0 Å². The van der Waals surface area contributed by atoms with Crippen LogP contribution < -0.4 is 5.32 Å². The van der Waals surface area contributed by atoms with E-state index in [1.54, 1.807) is 6.26 Å². The summed E-state index contributed by atoms with van der Waals surface area (Å²) in [6.07, 6.45) is 5.21. The number of nitrogens with one attached hydrogen (secondary N) is 1. The van der Waals surface area contributed by atoms with E-state index in [1.165, 1.54) is 29.9 Å². The van der Waals surface area contributed by atoms with Crippen LogP contribution in [0.3, 0.4) is 0 Å². The lowest BCUT2D eigenvalue weighted by atomic mass is 9.93. The highest BCUT2D eigenvalue weighted by atomic mass is 32.1. The fourth-order valence-corrected chi connectivity index (χ4v) is 2.64. The van der Waals surface area contributed by atoms with Gasteiger partial charge in [0, 0.05) is 30.0 Å². The fraction of sp³-hybridized carbons (Fsp3) is 0.455. The van der Waals surface area contributed by atoms with Gasteiger partial charge >= 0.3 is 0 Å². The van der Waals surface area contributed by atoms with E-state index in [0.29, 0.717) is 6.04 Å². The highest BCUT2D eigenvalue weighted by molar-refractivity contribution is 7.03. The Bertz CT molecular complexity index is 452. The van der Waals surface area contributed by atoms with Gasteiger partial charge in [0.2, 0.25) is 0 Å². The summed E-state index contributed by atoms with van der Waals surface area (Å²) >= 11 is 1.39. The van der Waals surface area contributed by atoms with Crippen molar-refractivity contribution < 1.29 is 4.42 Å². The van der Waals surface area contributed by atoms with Gasteiger partial charge in [0.05, 0.1) is 12.0 Å². The lowest BCUT2D eigenvalue weighted by Crippen LogP contribution is -2.24. The Morgan fingerprint density at radius 3 is 3.44 bits per heavy atom. The molecule has 0 radical (unpaired) electrons. The van der Waals surface area contributed by atoms with Crippen LogP contribution in [0.25, 0.3) is 0 Å². The number of hydrogen-bond acceptors (Lipinski definition) is 5. The van der Waals surface area contributed by atoms with E-state index in [1.807, 2.05) is 5.38 Å². The SMILES string of the molecule is c1cc2c(o1)CCCC2NCc1csnn1. The maximum atomic E-state index is 5.46. The van der Waals surface area contributed by atoms with Crippen molar-refractivity contribution in [3.63, 3.8) is 0 Å². The van der Waals surface area contributed by atoms with E-state index in [4.69, 9.17) is 4.42 Å². The minimum atomic E-state index is 0.407. The molecule has 0 aromatic carbocycles. The van der Waals surface area contributed by atoms with Gasteiger partial charge in [-0.05, 0) is 30.4 Å². The maximum Gasteiger partial charge on any atom is 0.108 e. The number of fused-ring (bicyclic) bond motifs is 1. The molecule has 0 bridgehead atoms. The molecule has 1 N–H and O–H groups in total. The molecule has 0 fully saturated rings. The molecule has 0 amide bonds. The Kier molecular flexibility index (Phi) is 2.71.